The molecule has 34 heavy (non-hydrogen) atoms. The Kier molecular flexibility index (Phi) is 9.11. The zero-order chi connectivity index (χ0) is 24.7. The van der Waals surface area contributed by atoms with Crippen molar-refractivity contribution in [2.75, 3.05) is 6.61 Å². The summed E-state index contributed by atoms with van der Waals surface area (Å²) in [5.74, 6) is -1.31. The first-order valence-electron chi connectivity index (χ1n) is 11.5. The molecule has 4 atom stereocenters. The van der Waals surface area contributed by atoms with Gasteiger partial charge in [-0.2, -0.15) is 0 Å². The topological polar surface area (TPSA) is 135 Å². The van der Waals surface area contributed by atoms with Crippen molar-refractivity contribution < 1.29 is 33.3 Å². The SMILES string of the molecule is CCCC(=O)OC[C@H]1O[C@@H](n2cnc3c(=S)nc[nH]c32)[C@H](OC(=O)CCC)[C@@H]1OC(=O)CCC. The number of carbonyl (C=O) groups excluding carboxylic acids is 3. The van der Waals surface area contributed by atoms with E-state index in [2.05, 4.69) is 15.0 Å². The monoisotopic (exact) mass is 494 g/mol. The van der Waals surface area contributed by atoms with Crippen LogP contribution in [0, 0.1) is 4.64 Å². The van der Waals surface area contributed by atoms with Gasteiger partial charge in [-0.1, -0.05) is 33.0 Å². The van der Waals surface area contributed by atoms with Gasteiger partial charge in [-0.25, -0.2) is 9.97 Å². The highest BCUT2D eigenvalue weighted by Crippen LogP contribution is 2.36. The van der Waals surface area contributed by atoms with E-state index < -0.39 is 42.4 Å². The van der Waals surface area contributed by atoms with Gasteiger partial charge in [0.1, 0.15) is 23.9 Å². The summed E-state index contributed by atoms with van der Waals surface area (Å²) in [6.07, 6.45) is 1.60. The maximum Gasteiger partial charge on any atom is 0.306 e. The van der Waals surface area contributed by atoms with Crippen LogP contribution in [0.4, 0.5) is 0 Å². The van der Waals surface area contributed by atoms with Gasteiger partial charge in [0.2, 0.25) is 0 Å². The van der Waals surface area contributed by atoms with Gasteiger partial charge in [0.15, 0.2) is 23.1 Å². The Morgan fingerprint density at radius 1 is 1.00 bits per heavy atom. The van der Waals surface area contributed by atoms with Crippen LogP contribution in [0.15, 0.2) is 12.7 Å². The Bertz CT molecular complexity index is 1070. The average Bonchev–Trinajstić information content (AvgIpc) is 3.36. The quantitative estimate of drug-likeness (QED) is 0.282. The number of H-pyrrole nitrogens is 1. The molecule has 0 aromatic carbocycles. The van der Waals surface area contributed by atoms with Gasteiger partial charge >= 0.3 is 17.9 Å². The minimum atomic E-state index is -0.998. The standard InChI is InChI=1S/C22H30N4O7S/c1-4-7-14(27)30-10-13-18(32-15(28)8-5-2)19(33-16(29)9-6-3)22(31-13)26-12-25-17-20(26)23-11-24-21(17)34/h11-13,18-19,22H,4-10H2,1-3H3,(H,23,24,34)/t13-,18-,19-,22-/m1/s1. The molecular weight excluding hydrogens is 464 g/mol. The number of nitrogens with one attached hydrogen (secondary N) is 1. The third kappa shape index (κ3) is 5.98. The fourth-order valence-corrected chi connectivity index (χ4v) is 3.88. The molecule has 3 rings (SSSR count). The van der Waals surface area contributed by atoms with Crippen LogP contribution in [0.1, 0.15) is 65.5 Å². The summed E-state index contributed by atoms with van der Waals surface area (Å²) in [6.45, 7) is 5.41. The van der Waals surface area contributed by atoms with Crippen molar-refractivity contribution in [3.05, 3.63) is 17.3 Å². The lowest BCUT2D eigenvalue weighted by Crippen LogP contribution is -2.41. The highest BCUT2D eigenvalue weighted by Gasteiger charge is 2.51. The first-order chi connectivity index (χ1) is 16.4. The van der Waals surface area contributed by atoms with E-state index in [1.165, 1.54) is 12.7 Å². The lowest BCUT2D eigenvalue weighted by atomic mass is 10.1. The molecule has 0 amide bonds. The molecule has 1 fully saturated rings. The molecule has 2 aromatic heterocycles. The highest BCUT2D eigenvalue weighted by atomic mass is 32.1. The first-order valence-corrected chi connectivity index (χ1v) is 11.9. The Morgan fingerprint density at radius 3 is 2.26 bits per heavy atom. The number of fused-ring (bicyclic) bond motifs is 1. The van der Waals surface area contributed by atoms with Gasteiger partial charge in [0, 0.05) is 19.3 Å². The lowest BCUT2D eigenvalue weighted by Gasteiger charge is -2.24. The number of imidazole rings is 1. The van der Waals surface area contributed by atoms with Crippen LogP contribution < -0.4 is 0 Å². The van der Waals surface area contributed by atoms with Crippen LogP contribution >= 0.6 is 12.2 Å². The fraction of sp³-hybridized carbons (Fsp3) is 0.636. The summed E-state index contributed by atoms with van der Waals surface area (Å²) in [6, 6.07) is 0. The van der Waals surface area contributed by atoms with E-state index in [1.54, 1.807) is 4.57 Å². The van der Waals surface area contributed by atoms with Crippen molar-refractivity contribution in [3.8, 4) is 0 Å². The number of aromatic nitrogens is 4. The largest absolute Gasteiger partial charge is 0.463 e. The molecule has 1 aliphatic heterocycles. The Hall–Kier alpha value is -2.86. The van der Waals surface area contributed by atoms with Crippen LogP contribution in [0.2, 0.25) is 0 Å². The minimum Gasteiger partial charge on any atom is -0.463 e. The molecule has 1 aliphatic rings. The molecule has 11 nitrogen and oxygen atoms in total. The molecule has 0 bridgehead atoms. The van der Waals surface area contributed by atoms with E-state index in [1.807, 2.05) is 20.8 Å². The fourth-order valence-electron chi connectivity index (χ4n) is 3.68. The van der Waals surface area contributed by atoms with Crippen LogP contribution in [-0.4, -0.2) is 62.3 Å². The maximum atomic E-state index is 12.5. The Morgan fingerprint density at radius 2 is 1.62 bits per heavy atom. The van der Waals surface area contributed by atoms with E-state index in [4.69, 9.17) is 31.2 Å². The number of hydrogen-bond donors (Lipinski definition) is 1. The second kappa shape index (κ2) is 12.0. The smallest absolute Gasteiger partial charge is 0.306 e. The number of nitrogens with zero attached hydrogens (tertiary/aromatic N) is 3. The molecule has 0 saturated carbocycles. The van der Waals surface area contributed by atoms with E-state index in [0.717, 1.165) is 0 Å². The molecule has 2 aromatic rings. The second-order valence-corrected chi connectivity index (χ2v) is 8.35. The summed E-state index contributed by atoms with van der Waals surface area (Å²) in [4.78, 5) is 48.2. The summed E-state index contributed by atoms with van der Waals surface area (Å²) < 4.78 is 24.9. The summed E-state index contributed by atoms with van der Waals surface area (Å²) >= 11 is 5.24. The van der Waals surface area contributed by atoms with Crippen molar-refractivity contribution in [2.45, 2.75) is 83.8 Å². The van der Waals surface area contributed by atoms with E-state index in [9.17, 15) is 14.4 Å². The normalized spacial score (nSPS) is 22.0. The number of rotatable bonds is 11. The molecule has 0 aliphatic carbocycles. The summed E-state index contributed by atoms with van der Waals surface area (Å²) in [5.41, 5.74) is 0.945. The Balaban J connectivity index is 1.97. The number of esters is 3. The van der Waals surface area contributed by atoms with E-state index in [-0.39, 0.29) is 25.9 Å². The van der Waals surface area contributed by atoms with Gasteiger partial charge in [-0.05, 0) is 19.3 Å². The highest BCUT2D eigenvalue weighted by molar-refractivity contribution is 7.71. The van der Waals surface area contributed by atoms with Crippen LogP contribution in [0.3, 0.4) is 0 Å². The molecular formula is C22H30N4O7S. The third-order valence-electron chi connectivity index (χ3n) is 5.25. The average molecular weight is 495 g/mol. The van der Waals surface area contributed by atoms with Gasteiger partial charge in [-0.3, -0.25) is 19.0 Å². The van der Waals surface area contributed by atoms with Gasteiger partial charge in [0.05, 0.1) is 12.7 Å². The maximum absolute atomic E-state index is 12.5. The number of ether oxygens (including phenoxy) is 4. The van der Waals surface area contributed by atoms with Gasteiger partial charge in [-0.15, -0.1) is 0 Å². The predicted molar refractivity (Wildman–Crippen MR) is 122 cm³/mol. The molecule has 0 spiro atoms. The lowest BCUT2D eigenvalue weighted by molar-refractivity contribution is -0.169. The van der Waals surface area contributed by atoms with Crippen LogP contribution in [0.25, 0.3) is 11.2 Å². The van der Waals surface area contributed by atoms with Crippen LogP contribution in [0.5, 0.6) is 0 Å². The minimum absolute atomic E-state index is 0.161. The molecule has 3 heterocycles. The van der Waals surface area contributed by atoms with Crippen molar-refractivity contribution in [2.24, 2.45) is 0 Å². The number of hydrogen-bond acceptors (Lipinski definition) is 10. The van der Waals surface area contributed by atoms with Crippen molar-refractivity contribution in [3.63, 3.8) is 0 Å². The van der Waals surface area contributed by atoms with E-state index in [0.29, 0.717) is 35.1 Å². The van der Waals surface area contributed by atoms with Crippen molar-refractivity contribution >= 4 is 41.3 Å². The molecule has 12 heteroatoms. The number of carbonyl (C=O) groups is 3. The molecule has 186 valence electrons. The van der Waals surface area contributed by atoms with Crippen LogP contribution in [-0.2, 0) is 33.3 Å². The van der Waals surface area contributed by atoms with Gasteiger partial charge < -0.3 is 23.9 Å². The zero-order valence-electron chi connectivity index (χ0n) is 19.5. The Labute approximate surface area is 202 Å². The first kappa shape index (κ1) is 25.8. The number of aromatic amines is 1. The molecule has 0 unspecified atom stereocenters. The predicted octanol–water partition coefficient (Wildman–Crippen LogP) is 3.15. The third-order valence-corrected chi connectivity index (χ3v) is 5.54. The summed E-state index contributed by atoms with van der Waals surface area (Å²) in [5, 5.41) is 0. The zero-order valence-corrected chi connectivity index (χ0v) is 20.3. The molecule has 1 N–H and O–H groups in total. The van der Waals surface area contributed by atoms with Crippen molar-refractivity contribution in [1.82, 2.24) is 19.5 Å². The second-order valence-electron chi connectivity index (χ2n) is 7.96. The molecule has 0 radical (unpaired) electrons. The van der Waals surface area contributed by atoms with Gasteiger partial charge in [0.25, 0.3) is 0 Å². The molecule has 1 saturated heterocycles. The van der Waals surface area contributed by atoms with Crippen molar-refractivity contribution in [1.29, 1.82) is 0 Å². The summed E-state index contributed by atoms with van der Waals surface area (Å²) in [7, 11) is 0. The van der Waals surface area contributed by atoms with E-state index >= 15 is 0 Å².